The van der Waals surface area contributed by atoms with Crippen LogP contribution in [0.1, 0.15) is 6.92 Å². The summed E-state index contributed by atoms with van der Waals surface area (Å²) < 4.78 is 0. The molecule has 4 heteroatoms. The fraction of sp³-hybridized carbons (Fsp3) is 1.00. The summed E-state index contributed by atoms with van der Waals surface area (Å²) in [6, 6.07) is 0. The zero-order valence-electron chi connectivity index (χ0n) is 4.62. The minimum absolute atomic E-state index is 0. The van der Waals surface area contributed by atoms with Gasteiger partial charge in [0.15, 0.2) is 0 Å². The smallest absolute Gasteiger partial charge is 0.0776 e. The molecular weight excluding hydrogens is 104 g/mol. The third-order valence-electron chi connectivity index (χ3n) is 0.707. The maximum atomic E-state index is 2.21. The maximum Gasteiger partial charge on any atom is 0.0776 e. The Hall–Kier alpha value is 0.909. The van der Waals surface area contributed by atoms with Crippen molar-refractivity contribution in [1.29, 1.82) is 0 Å². The molecular formula is C2H9B3Ti. The third kappa shape index (κ3) is 8.86. The second kappa shape index (κ2) is 9.32. The summed E-state index contributed by atoms with van der Waals surface area (Å²) in [7, 11) is 4.94. The summed E-state index contributed by atoms with van der Waals surface area (Å²) in [5.41, 5.74) is 0. The average Bonchev–Trinajstić information content (AvgIpc) is 1.41. The van der Waals surface area contributed by atoms with Crippen molar-refractivity contribution < 1.29 is 21.7 Å². The first kappa shape index (κ1) is 10.0. The molecule has 0 aliphatic carbocycles. The molecule has 0 aromatic rings. The Morgan fingerprint density at radius 2 is 2.17 bits per heavy atom. The van der Waals surface area contributed by atoms with E-state index in [0.717, 1.165) is 0 Å². The Labute approximate surface area is 57.2 Å². The first-order valence-corrected chi connectivity index (χ1v) is 2.41. The van der Waals surface area contributed by atoms with E-state index < -0.39 is 0 Å². The van der Waals surface area contributed by atoms with Crippen LogP contribution < -0.4 is 0 Å². The number of rotatable bonds is 2. The van der Waals surface area contributed by atoms with Crippen LogP contribution in [0.25, 0.3) is 0 Å². The van der Waals surface area contributed by atoms with Crippen molar-refractivity contribution in [3.05, 3.63) is 0 Å². The second-order valence-corrected chi connectivity index (χ2v) is 1.35. The molecule has 30 valence electrons. The molecule has 0 N–H and O–H groups in total. The van der Waals surface area contributed by atoms with Gasteiger partial charge in [-0.15, -0.1) is 0 Å². The molecule has 0 atom stereocenters. The summed E-state index contributed by atoms with van der Waals surface area (Å²) in [6.45, 7) is 2.21. The summed E-state index contributed by atoms with van der Waals surface area (Å²) in [6.07, 6.45) is 1.34. The Morgan fingerprint density at radius 1 is 1.67 bits per heavy atom. The Bertz CT molecular complexity index is 16.3. The van der Waals surface area contributed by atoms with Crippen molar-refractivity contribution >= 4 is 22.0 Å². The molecule has 0 aliphatic heterocycles. The summed E-state index contributed by atoms with van der Waals surface area (Å²) in [5.74, 6) is 0. The van der Waals surface area contributed by atoms with Gasteiger partial charge in [0.05, 0.1) is 22.0 Å². The minimum atomic E-state index is 0. The topological polar surface area (TPSA) is 0 Å². The molecule has 0 heterocycles. The molecule has 0 unspecified atom stereocenters. The molecule has 0 bridgehead atoms. The van der Waals surface area contributed by atoms with Crippen molar-refractivity contribution in [3.63, 3.8) is 0 Å². The summed E-state index contributed by atoms with van der Waals surface area (Å²) >= 11 is 0. The molecule has 0 saturated heterocycles. The predicted molar refractivity (Wildman–Crippen MR) is 33.3 cm³/mol. The fourth-order valence-corrected chi connectivity index (χ4v) is 0.354. The van der Waals surface area contributed by atoms with Crippen LogP contribution in [-0.4, -0.2) is 22.0 Å². The zero-order valence-corrected chi connectivity index (χ0v) is 6.18. The van der Waals surface area contributed by atoms with Crippen LogP contribution in [0.5, 0.6) is 0 Å². The number of hydrogen-bond donors (Lipinski definition) is 0. The van der Waals surface area contributed by atoms with Gasteiger partial charge in [0.2, 0.25) is 0 Å². The molecule has 0 aromatic heterocycles. The van der Waals surface area contributed by atoms with Crippen LogP contribution in [0.15, 0.2) is 0 Å². The van der Waals surface area contributed by atoms with Gasteiger partial charge in [-0.05, 0) is 0 Å². The van der Waals surface area contributed by atoms with E-state index in [9.17, 15) is 0 Å². The van der Waals surface area contributed by atoms with Crippen LogP contribution in [-0.2, 0) is 21.7 Å². The molecule has 6 heavy (non-hydrogen) atoms. The van der Waals surface area contributed by atoms with E-state index in [1.54, 1.807) is 0 Å². The van der Waals surface area contributed by atoms with Gasteiger partial charge in [0, 0.05) is 21.7 Å². The van der Waals surface area contributed by atoms with Gasteiger partial charge in [0.25, 0.3) is 0 Å². The van der Waals surface area contributed by atoms with Crippen molar-refractivity contribution in [2.45, 2.75) is 13.2 Å². The van der Waals surface area contributed by atoms with Crippen LogP contribution in [0, 0.1) is 0 Å². The first-order valence-electron chi connectivity index (χ1n) is 2.41. The standard InChI is InChI=1S/C2H9B3.Ti/c1-2-4-5-3;/h4-5H,2-3H2,1H3;. The quantitative estimate of drug-likeness (QED) is 0.393. The second-order valence-electron chi connectivity index (χ2n) is 1.35. The largest absolute Gasteiger partial charge is 0.0881 e. The van der Waals surface area contributed by atoms with Gasteiger partial charge in [-0.2, -0.15) is 0 Å². The van der Waals surface area contributed by atoms with Gasteiger partial charge >= 0.3 is 0 Å². The van der Waals surface area contributed by atoms with E-state index in [4.69, 9.17) is 0 Å². The SMILES string of the molecule is BBBCC.[Ti]. The molecule has 0 spiro atoms. The number of hydrogen-bond acceptors (Lipinski definition) is 0. The average molecular weight is 113 g/mol. The van der Waals surface area contributed by atoms with E-state index in [1.807, 2.05) is 0 Å². The van der Waals surface area contributed by atoms with Gasteiger partial charge in [-0.25, -0.2) is 0 Å². The third-order valence-corrected chi connectivity index (χ3v) is 0.707. The Morgan fingerprint density at radius 3 is 2.17 bits per heavy atom. The van der Waals surface area contributed by atoms with E-state index in [-0.39, 0.29) is 21.7 Å². The van der Waals surface area contributed by atoms with E-state index in [1.165, 1.54) is 20.6 Å². The van der Waals surface area contributed by atoms with Crippen molar-refractivity contribution in [2.24, 2.45) is 0 Å². The van der Waals surface area contributed by atoms with Crippen LogP contribution in [0.3, 0.4) is 0 Å². The van der Waals surface area contributed by atoms with Gasteiger partial charge in [0.1, 0.15) is 0 Å². The normalized spacial score (nSPS) is 5.50. The fourth-order valence-electron chi connectivity index (χ4n) is 0.354. The van der Waals surface area contributed by atoms with E-state index in [2.05, 4.69) is 14.7 Å². The van der Waals surface area contributed by atoms with Crippen LogP contribution in [0.4, 0.5) is 0 Å². The van der Waals surface area contributed by atoms with Crippen molar-refractivity contribution in [3.8, 4) is 0 Å². The maximum absolute atomic E-state index is 2.21. The van der Waals surface area contributed by atoms with Crippen LogP contribution >= 0.6 is 0 Å². The molecule has 0 saturated carbocycles. The first-order chi connectivity index (χ1) is 2.41. The molecule has 0 aromatic carbocycles. The van der Waals surface area contributed by atoms with E-state index >= 15 is 0 Å². The monoisotopic (exact) mass is 114 g/mol. The molecule has 0 nitrogen and oxygen atoms in total. The van der Waals surface area contributed by atoms with Crippen LogP contribution in [0.2, 0.25) is 6.32 Å². The summed E-state index contributed by atoms with van der Waals surface area (Å²) in [4.78, 5) is 0. The molecule has 0 radical (unpaired) electrons. The Kier molecular flexibility index (Phi) is 15.5. The Balaban J connectivity index is 0. The zero-order chi connectivity index (χ0) is 4.12. The van der Waals surface area contributed by atoms with E-state index in [0.29, 0.717) is 0 Å². The molecule has 0 fully saturated rings. The molecule has 0 aliphatic rings. The van der Waals surface area contributed by atoms with Crippen molar-refractivity contribution in [2.75, 3.05) is 0 Å². The van der Waals surface area contributed by atoms with Gasteiger partial charge in [-0.3, -0.25) is 0 Å². The molecule has 0 rings (SSSR count). The van der Waals surface area contributed by atoms with Crippen molar-refractivity contribution in [1.82, 2.24) is 0 Å². The van der Waals surface area contributed by atoms with Gasteiger partial charge in [-0.1, -0.05) is 13.2 Å². The van der Waals surface area contributed by atoms with Gasteiger partial charge < -0.3 is 0 Å². The predicted octanol–water partition coefficient (Wildman–Crippen LogP) is -1.24. The summed E-state index contributed by atoms with van der Waals surface area (Å²) in [5, 5.41) is 0. The molecule has 0 amide bonds. The minimum Gasteiger partial charge on any atom is -0.0881 e.